The van der Waals surface area contributed by atoms with E-state index in [2.05, 4.69) is 20.9 Å². The summed E-state index contributed by atoms with van der Waals surface area (Å²) in [7, 11) is 3.29. The van der Waals surface area contributed by atoms with E-state index in [1.165, 1.54) is 0 Å². The fourth-order valence-electron chi connectivity index (χ4n) is 5.14. The van der Waals surface area contributed by atoms with Crippen LogP contribution in [0.4, 0.5) is 0 Å². The largest absolute Gasteiger partial charge is 0.390 e. The Balaban J connectivity index is 1.57. The van der Waals surface area contributed by atoms with Crippen molar-refractivity contribution in [3.63, 3.8) is 0 Å². The van der Waals surface area contributed by atoms with Gasteiger partial charge in [-0.25, -0.2) is 0 Å². The van der Waals surface area contributed by atoms with Crippen LogP contribution in [0.1, 0.15) is 18.9 Å². The van der Waals surface area contributed by atoms with Crippen LogP contribution in [0.15, 0.2) is 24.5 Å². The van der Waals surface area contributed by atoms with E-state index < -0.39 is 60.3 Å². The lowest BCUT2D eigenvalue weighted by molar-refractivity contribution is -0.482. The molecule has 3 heterocycles. The Bertz CT molecular complexity index is 776. The molecule has 1 aromatic rings. The predicted molar refractivity (Wildman–Crippen MR) is 112 cm³/mol. The smallest absolute Gasteiger partial charge is 0.249 e. The number of nitrogens with one attached hydrogen (secondary N) is 3. The summed E-state index contributed by atoms with van der Waals surface area (Å²) in [4.78, 5) is 3.99. The number of likely N-dealkylation sites (N-methyl/N-ethyl adjacent to an activating group) is 2. The van der Waals surface area contributed by atoms with Crippen molar-refractivity contribution in [3.05, 3.63) is 30.1 Å². The maximum absolute atomic E-state index is 11.6. The normalized spacial score (nSPS) is 46.3. The Morgan fingerprint density at radius 1 is 1.03 bits per heavy atom. The zero-order chi connectivity index (χ0) is 23.1. The SMILES string of the molecule is CNC1C(O)C(NC)C2OC3(O)C(OC(C)CC3(O)CNCc3ccncc3)OC2C1O. The quantitative estimate of drug-likeness (QED) is 0.242. The predicted octanol–water partition coefficient (Wildman–Crippen LogP) is -2.58. The van der Waals surface area contributed by atoms with Crippen LogP contribution in [0.25, 0.3) is 0 Å². The number of aromatic nitrogens is 1. The highest BCUT2D eigenvalue weighted by Crippen LogP contribution is 2.46. The Hall–Kier alpha value is -1.25. The maximum atomic E-state index is 11.6. The average molecular weight is 455 g/mol. The van der Waals surface area contributed by atoms with Gasteiger partial charge in [-0.15, -0.1) is 0 Å². The van der Waals surface area contributed by atoms with Crippen molar-refractivity contribution in [3.8, 4) is 0 Å². The molecule has 1 saturated carbocycles. The van der Waals surface area contributed by atoms with Crippen molar-refractivity contribution in [1.29, 1.82) is 0 Å². The molecule has 0 aromatic carbocycles. The lowest BCUT2D eigenvalue weighted by atomic mass is 9.77. The van der Waals surface area contributed by atoms with Crippen molar-refractivity contribution >= 4 is 0 Å². The lowest BCUT2D eigenvalue weighted by Crippen LogP contribution is -2.81. The Labute approximate surface area is 187 Å². The number of nitrogens with zero attached hydrogens (tertiary/aromatic N) is 1. The van der Waals surface area contributed by atoms with Gasteiger partial charge in [-0.3, -0.25) is 4.98 Å². The summed E-state index contributed by atoms with van der Waals surface area (Å²) >= 11 is 0. The van der Waals surface area contributed by atoms with Crippen LogP contribution in [-0.2, 0) is 20.8 Å². The monoisotopic (exact) mass is 454 g/mol. The maximum Gasteiger partial charge on any atom is 0.249 e. The second-order valence-corrected chi connectivity index (χ2v) is 8.96. The molecule has 0 amide bonds. The molecule has 11 nitrogen and oxygen atoms in total. The van der Waals surface area contributed by atoms with E-state index in [0.29, 0.717) is 6.54 Å². The first-order valence-electron chi connectivity index (χ1n) is 11.0. The van der Waals surface area contributed by atoms with Crippen molar-refractivity contribution in [1.82, 2.24) is 20.9 Å². The minimum absolute atomic E-state index is 0.00520. The Morgan fingerprint density at radius 2 is 1.72 bits per heavy atom. The number of aliphatic hydroxyl groups is 4. The van der Waals surface area contributed by atoms with Gasteiger partial charge in [-0.2, -0.15) is 0 Å². The van der Waals surface area contributed by atoms with Crippen molar-refractivity contribution in [2.24, 2.45) is 0 Å². The van der Waals surface area contributed by atoms with Crippen LogP contribution >= 0.6 is 0 Å². The number of hydrogen-bond acceptors (Lipinski definition) is 11. The van der Waals surface area contributed by atoms with E-state index in [4.69, 9.17) is 14.2 Å². The molecule has 0 bridgehead atoms. The van der Waals surface area contributed by atoms with Gasteiger partial charge in [0.05, 0.1) is 24.3 Å². The molecule has 2 aliphatic heterocycles. The fourth-order valence-corrected chi connectivity index (χ4v) is 5.14. The molecule has 180 valence electrons. The van der Waals surface area contributed by atoms with Gasteiger partial charge in [0, 0.05) is 31.9 Å². The standard InChI is InChI=1S/C21H34N4O7/c1-11-8-20(28,10-25-9-12-4-6-24-7-5-12)21(29)19(30-11)31-18-16(27)13(22-2)15(26)14(23-3)17(18)32-21/h4-7,11,13-19,22-23,25-29H,8-10H2,1-3H3. The summed E-state index contributed by atoms with van der Waals surface area (Å²) in [6.07, 6.45) is -2.25. The number of rotatable bonds is 6. The molecule has 4 rings (SSSR count). The van der Waals surface area contributed by atoms with Gasteiger partial charge < -0.3 is 50.6 Å². The van der Waals surface area contributed by atoms with Crippen LogP contribution in [0.5, 0.6) is 0 Å². The summed E-state index contributed by atoms with van der Waals surface area (Å²) in [6.45, 7) is 2.23. The lowest BCUT2D eigenvalue weighted by Gasteiger charge is -2.60. The van der Waals surface area contributed by atoms with Gasteiger partial charge in [0.15, 0.2) is 0 Å². The second kappa shape index (κ2) is 9.18. The van der Waals surface area contributed by atoms with Gasteiger partial charge in [0.2, 0.25) is 12.1 Å². The third kappa shape index (κ3) is 3.96. The molecule has 1 aliphatic carbocycles. The molecule has 1 aromatic heterocycles. The highest BCUT2D eigenvalue weighted by atomic mass is 16.8. The summed E-state index contributed by atoms with van der Waals surface area (Å²) < 4.78 is 17.9. The van der Waals surface area contributed by atoms with Crippen LogP contribution < -0.4 is 16.0 Å². The van der Waals surface area contributed by atoms with Crippen molar-refractivity contribution in [2.45, 2.75) is 80.2 Å². The zero-order valence-electron chi connectivity index (χ0n) is 18.5. The molecule has 10 unspecified atom stereocenters. The van der Waals surface area contributed by atoms with E-state index in [-0.39, 0.29) is 13.0 Å². The minimum atomic E-state index is -2.22. The molecule has 10 atom stereocenters. The molecule has 11 heteroatoms. The molecule has 2 saturated heterocycles. The van der Waals surface area contributed by atoms with Crippen molar-refractivity contribution in [2.75, 3.05) is 20.6 Å². The van der Waals surface area contributed by atoms with Gasteiger partial charge in [0.1, 0.15) is 23.9 Å². The van der Waals surface area contributed by atoms with Gasteiger partial charge in [0.25, 0.3) is 0 Å². The van der Waals surface area contributed by atoms with E-state index in [0.717, 1.165) is 5.56 Å². The summed E-state index contributed by atoms with van der Waals surface area (Å²) in [5.74, 6) is -2.22. The van der Waals surface area contributed by atoms with Crippen LogP contribution in [0.2, 0.25) is 0 Å². The second-order valence-electron chi connectivity index (χ2n) is 8.96. The molecule has 3 aliphatic rings. The highest BCUT2D eigenvalue weighted by molar-refractivity contribution is 5.13. The number of fused-ring (bicyclic) bond motifs is 2. The van der Waals surface area contributed by atoms with E-state index in [1.807, 2.05) is 12.1 Å². The minimum Gasteiger partial charge on any atom is -0.390 e. The zero-order valence-corrected chi connectivity index (χ0v) is 18.5. The van der Waals surface area contributed by atoms with Gasteiger partial charge in [-0.05, 0) is 38.7 Å². The number of pyridine rings is 1. The summed E-state index contributed by atoms with van der Waals surface area (Å²) in [5.41, 5.74) is -0.776. The summed E-state index contributed by atoms with van der Waals surface area (Å²) in [6, 6.07) is 2.36. The third-order valence-electron chi connectivity index (χ3n) is 6.84. The average Bonchev–Trinajstić information content (AvgIpc) is 2.75. The van der Waals surface area contributed by atoms with Gasteiger partial charge in [-0.1, -0.05) is 0 Å². The number of hydrogen-bond donors (Lipinski definition) is 7. The van der Waals surface area contributed by atoms with Gasteiger partial charge >= 0.3 is 0 Å². The van der Waals surface area contributed by atoms with Crippen molar-refractivity contribution < 1.29 is 34.6 Å². The number of ether oxygens (including phenoxy) is 3. The topological polar surface area (TPSA) is 158 Å². The Morgan fingerprint density at radius 3 is 2.38 bits per heavy atom. The summed E-state index contributed by atoms with van der Waals surface area (Å²) in [5, 5.41) is 53.8. The molecular weight excluding hydrogens is 420 g/mol. The van der Waals surface area contributed by atoms with E-state index in [9.17, 15) is 20.4 Å². The third-order valence-corrected chi connectivity index (χ3v) is 6.84. The highest BCUT2D eigenvalue weighted by Gasteiger charge is 2.68. The first-order valence-corrected chi connectivity index (χ1v) is 11.0. The molecule has 32 heavy (non-hydrogen) atoms. The first-order chi connectivity index (χ1) is 15.2. The van der Waals surface area contributed by atoms with E-state index >= 15 is 0 Å². The van der Waals surface area contributed by atoms with Crippen LogP contribution in [0.3, 0.4) is 0 Å². The molecule has 0 spiro atoms. The number of aliphatic hydroxyl groups excluding tert-OH is 2. The van der Waals surface area contributed by atoms with E-state index in [1.54, 1.807) is 33.4 Å². The fraction of sp³-hybridized carbons (Fsp3) is 0.762. The first kappa shape index (κ1) is 23.9. The molecule has 7 N–H and O–H groups in total. The van der Waals surface area contributed by atoms with Crippen LogP contribution in [0, 0.1) is 0 Å². The molecular formula is C21H34N4O7. The van der Waals surface area contributed by atoms with Crippen LogP contribution in [-0.4, -0.2) is 106 Å². The molecule has 0 radical (unpaired) electrons. The molecule has 3 fully saturated rings. The Kier molecular flexibility index (Phi) is 6.86.